The lowest BCUT2D eigenvalue weighted by atomic mass is 10.0. The molecule has 0 heterocycles. The number of hydrogen-bond donors (Lipinski definition) is 3. The monoisotopic (exact) mass is 391 g/mol. The lowest BCUT2D eigenvalue weighted by molar-refractivity contribution is 0.0495. The molecular formula is C25H29NO3. The van der Waals surface area contributed by atoms with E-state index < -0.39 is 12.2 Å². The van der Waals surface area contributed by atoms with Crippen molar-refractivity contribution in [3.8, 4) is 0 Å². The Morgan fingerprint density at radius 3 is 1.66 bits per heavy atom. The smallest absolute Gasteiger partial charge is 0.0815 e. The van der Waals surface area contributed by atoms with E-state index in [2.05, 4.69) is 29.2 Å². The van der Waals surface area contributed by atoms with Gasteiger partial charge in [-0.1, -0.05) is 84.9 Å². The molecule has 3 rings (SSSR count). The number of aliphatic hydroxyl groups excluding tert-OH is 3. The second-order valence-electron chi connectivity index (χ2n) is 7.45. The van der Waals surface area contributed by atoms with Gasteiger partial charge in [0.1, 0.15) is 0 Å². The molecular weight excluding hydrogens is 362 g/mol. The predicted octanol–water partition coefficient (Wildman–Crippen LogP) is 3.67. The maximum atomic E-state index is 10.7. The van der Waals surface area contributed by atoms with Crippen LogP contribution in [0, 0.1) is 0 Å². The van der Waals surface area contributed by atoms with E-state index in [0.717, 1.165) is 24.2 Å². The van der Waals surface area contributed by atoms with Crippen molar-refractivity contribution in [2.24, 2.45) is 0 Å². The first-order chi connectivity index (χ1) is 14.1. The van der Waals surface area contributed by atoms with Crippen LogP contribution in [-0.2, 0) is 19.7 Å². The maximum absolute atomic E-state index is 10.7. The Morgan fingerprint density at radius 1 is 0.655 bits per heavy atom. The Kier molecular flexibility index (Phi) is 7.96. The van der Waals surface area contributed by atoms with E-state index in [-0.39, 0.29) is 13.0 Å². The molecule has 0 aliphatic rings. The summed E-state index contributed by atoms with van der Waals surface area (Å²) in [7, 11) is 0. The summed E-state index contributed by atoms with van der Waals surface area (Å²) in [6.07, 6.45) is -1.14. The van der Waals surface area contributed by atoms with Gasteiger partial charge >= 0.3 is 0 Å². The van der Waals surface area contributed by atoms with E-state index in [1.54, 1.807) is 24.3 Å². The van der Waals surface area contributed by atoms with Gasteiger partial charge in [0.15, 0.2) is 0 Å². The third-order valence-corrected chi connectivity index (χ3v) is 5.01. The van der Waals surface area contributed by atoms with Crippen molar-refractivity contribution in [2.75, 3.05) is 6.54 Å². The van der Waals surface area contributed by atoms with Crippen molar-refractivity contribution in [3.63, 3.8) is 0 Å². The minimum Gasteiger partial charge on any atom is -0.392 e. The van der Waals surface area contributed by atoms with Crippen molar-refractivity contribution >= 4 is 0 Å². The molecule has 0 aromatic heterocycles. The Hall–Kier alpha value is -2.50. The minimum atomic E-state index is -0.743. The van der Waals surface area contributed by atoms with Crippen LogP contribution in [0.2, 0.25) is 0 Å². The molecule has 0 aliphatic heterocycles. The summed E-state index contributed by atoms with van der Waals surface area (Å²) >= 11 is 0. The Morgan fingerprint density at radius 2 is 1.17 bits per heavy atom. The van der Waals surface area contributed by atoms with Gasteiger partial charge in [-0.2, -0.15) is 0 Å². The van der Waals surface area contributed by atoms with Crippen LogP contribution in [-0.4, -0.2) is 32.9 Å². The van der Waals surface area contributed by atoms with Gasteiger partial charge in [0, 0.05) is 26.1 Å². The third kappa shape index (κ3) is 6.80. The van der Waals surface area contributed by atoms with Gasteiger partial charge in [0.25, 0.3) is 0 Å². The first-order valence-electron chi connectivity index (χ1n) is 10.00. The van der Waals surface area contributed by atoms with E-state index in [1.807, 2.05) is 36.4 Å². The highest BCUT2D eigenvalue weighted by atomic mass is 16.3. The van der Waals surface area contributed by atoms with Crippen molar-refractivity contribution in [2.45, 2.75) is 38.3 Å². The SMILES string of the molecule is OCc1ccc([C@H](O)C[C@H](O)CN(Cc2ccccc2)Cc2ccccc2)cc1. The zero-order valence-electron chi connectivity index (χ0n) is 16.6. The summed E-state index contributed by atoms with van der Waals surface area (Å²) in [5.74, 6) is 0. The van der Waals surface area contributed by atoms with Crippen molar-refractivity contribution in [3.05, 3.63) is 107 Å². The summed E-state index contributed by atoms with van der Waals surface area (Å²) in [4.78, 5) is 2.21. The van der Waals surface area contributed by atoms with Crippen LogP contribution in [0.25, 0.3) is 0 Å². The molecule has 3 aromatic carbocycles. The molecule has 4 nitrogen and oxygen atoms in total. The average molecular weight is 392 g/mol. The van der Waals surface area contributed by atoms with E-state index in [0.29, 0.717) is 6.54 Å². The standard InChI is InChI=1S/C25H29NO3/c27-19-22-11-13-23(14-12-22)25(29)15-24(28)18-26(16-20-7-3-1-4-8-20)17-21-9-5-2-6-10-21/h1-14,24-25,27-29H,15-19H2/t24-,25+/m0/s1. The van der Waals surface area contributed by atoms with Gasteiger partial charge in [-0.05, 0) is 22.3 Å². The highest BCUT2D eigenvalue weighted by Gasteiger charge is 2.18. The number of nitrogens with zero attached hydrogens (tertiary/aromatic N) is 1. The fourth-order valence-corrected chi connectivity index (χ4v) is 3.48. The summed E-state index contributed by atoms with van der Waals surface area (Å²) in [6.45, 7) is 1.91. The van der Waals surface area contributed by atoms with Crippen LogP contribution in [0.5, 0.6) is 0 Å². The molecule has 152 valence electrons. The van der Waals surface area contributed by atoms with Gasteiger partial charge in [-0.15, -0.1) is 0 Å². The quantitative estimate of drug-likeness (QED) is 0.493. The van der Waals surface area contributed by atoms with Gasteiger partial charge in [0.2, 0.25) is 0 Å². The zero-order valence-corrected chi connectivity index (χ0v) is 16.6. The molecule has 29 heavy (non-hydrogen) atoms. The Bertz CT molecular complexity index is 795. The molecule has 0 fully saturated rings. The van der Waals surface area contributed by atoms with E-state index in [1.165, 1.54) is 11.1 Å². The van der Waals surface area contributed by atoms with Crippen molar-refractivity contribution < 1.29 is 15.3 Å². The number of benzene rings is 3. The minimum absolute atomic E-state index is 0.0209. The van der Waals surface area contributed by atoms with Gasteiger partial charge in [-0.25, -0.2) is 0 Å². The molecule has 0 amide bonds. The molecule has 0 spiro atoms. The van der Waals surface area contributed by atoms with Crippen molar-refractivity contribution in [1.82, 2.24) is 4.90 Å². The molecule has 0 bridgehead atoms. The Labute approximate surface area is 172 Å². The van der Waals surface area contributed by atoms with Crippen LogP contribution < -0.4 is 0 Å². The largest absolute Gasteiger partial charge is 0.392 e. The normalized spacial score (nSPS) is 13.4. The van der Waals surface area contributed by atoms with Crippen LogP contribution in [0.15, 0.2) is 84.9 Å². The van der Waals surface area contributed by atoms with E-state index >= 15 is 0 Å². The van der Waals surface area contributed by atoms with Gasteiger partial charge in [0.05, 0.1) is 18.8 Å². The predicted molar refractivity (Wildman–Crippen MR) is 115 cm³/mol. The number of rotatable bonds is 10. The fourth-order valence-electron chi connectivity index (χ4n) is 3.48. The second-order valence-corrected chi connectivity index (χ2v) is 7.45. The van der Waals surface area contributed by atoms with E-state index in [9.17, 15) is 10.2 Å². The summed E-state index contributed by atoms with van der Waals surface area (Å²) in [5.41, 5.74) is 3.93. The second kappa shape index (κ2) is 10.9. The number of hydrogen-bond acceptors (Lipinski definition) is 4. The van der Waals surface area contributed by atoms with Crippen LogP contribution in [0.3, 0.4) is 0 Å². The molecule has 0 saturated heterocycles. The fraction of sp³-hybridized carbons (Fsp3) is 0.280. The molecule has 3 N–H and O–H groups in total. The first kappa shape index (κ1) is 21.2. The molecule has 0 unspecified atom stereocenters. The average Bonchev–Trinajstić information content (AvgIpc) is 2.75. The molecule has 3 aromatic rings. The van der Waals surface area contributed by atoms with Gasteiger partial charge < -0.3 is 15.3 Å². The first-order valence-corrected chi connectivity index (χ1v) is 10.00. The van der Waals surface area contributed by atoms with E-state index in [4.69, 9.17) is 5.11 Å². The molecule has 4 heteroatoms. The molecule has 0 radical (unpaired) electrons. The zero-order chi connectivity index (χ0) is 20.5. The van der Waals surface area contributed by atoms with Gasteiger partial charge in [-0.3, -0.25) is 4.90 Å². The van der Waals surface area contributed by atoms with Crippen molar-refractivity contribution in [1.29, 1.82) is 0 Å². The third-order valence-electron chi connectivity index (χ3n) is 5.01. The number of aliphatic hydroxyl groups is 3. The Balaban J connectivity index is 1.63. The van der Waals surface area contributed by atoms with Crippen LogP contribution in [0.1, 0.15) is 34.8 Å². The highest BCUT2D eigenvalue weighted by Crippen LogP contribution is 2.20. The topological polar surface area (TPSA) is 63.9 Å². The summed E-state index contributed by atoms with van der Waals surface area (Å²) in [6, 6.07) is 27.6. The lowest BCUT2D eigenvalue weighted by Gasteiger charge is -2.26. The molecule has 2 atom stereocenters. The summed E-state index contributed by atoms with van der Waals surface area (Å²) in [5, 5.41) is 30.3. The van der Waals surface area contributed by atoms with Crippen LogP contribution >= 0.6 is 0 Å². The maximum Gasteiger partial charge on any atom is 0.0815 e. The summed E-state index contributed by atoms with van der Waals surface area (Å²) < 4.78 is 0. The van der Waals surface area contributed by atoms with Crippen LogP contribution in [0.4, 0.5) is 0 Å². The molecule has 0 aliphatic carbocycles. The highest BCUT2D eigenvalue weighted by molar-refractivity contribution is 5.24. The lowest BCUT2D eigenvalue weighted by Crippen LogP contribution is -2.32. The molecule has 0 saturated carbocycles.